The van der Waals surface area contributed by atoms with Crippen LogP contribution >= 0.6 is 0 Å². The van der Waals surface area contributed by atoms with Crippen LogP contribution in [0.2, 0.25) is 0 Å². The van der Waals surface area contributed by atoms with Crippen LogP contribution < -0.4 is 0 Å². The normalized spacial score (nSPS) is 54.7. The van der Waals surface area contributed by atoms with Crippen LogP contribution in [0, 0.1) is 0 Å². The first-order chi connectivity index (χ1) is 25.4. The lowest BCUT2D eigenvalue weighted by molar-refractivity contribution is -0.389. The highest BCUT2D eigenvalue weighted by Crippen LogP contribution is 2.34. The Kier molecular flexibility index (Phi) is 15.0. The lowest BCUT2D eigenvalue weighted by Gasteiger charge is -2.48. The van der Waals surface area contributed by atoms with Gasteiger partial charge in [0, 0.05) is 0 Å². The van der Waals surface area contributed by atoms with Crippen LogP contribution in [0.3, 0.4) is 0 Å². The predicted octanol–water partition coefficient (Wildman–Crippen LogP) is -9.87. The number of rotatable bonds is 11. The SMILES string of the molecule is C[C@@H]1O[C@@H](O[C@H]2[C@H](OC[C@H]3O[C@@H](O)[C@H](O)[C@@H](O[C@@H]4O[C@H](CO)[C@H](O)[C@H](O)[C@H]4O[C@@H]4O[C@@H](C)[C@@H](O)[C@@H](O)[C@@H]4O)[C@H]3O)O[C@H](CO)[C@H](O)[C@@H]2O)[C@@H](O)[C@H](O)[C@@H]1O. The molecule has 5 rings (SSSR count). The van der Waals surface area contributed by atoms with Crippen LogP contribution in [0.25, 0.3) is 0 Å². The van der Waals surface area contributed by atoms with Crippen molar-refractivity contribution in [1.82, 2.24) is 0 Å². The molecule has 5 fully saturated rings. The van der Waals surface area contributed by atoms with E-state index in [2.05, 4.69) is 0 Å². The maximum absolute atomic E-state index is 11.3. The van der Waals surface area contributed by atoms with Crippen molar-refractivity contribution in [2.75, 3.05) is 19.8 Å². The van der Waals surface area contributed by atoms with Gasteiger partial charge < -0.3 is 119 Å². The predicted molar refractivity (Wildman–Crippen MR) is 164 cm³/mol. The maximum Gasteiger partial charge on any atom is 0.187 e. The first-order valence-electron chi connectivity index (χ1n) is 17.3. The summed E-state index contributed by atoms with van der Waals surface area (Å²) in [5, 5.41) is 157. The summed E-state index contributed by atoms with van der Waals surface area (Å²) in [5.74, 6) is 0. The van der Waals surface area contributed by atoms with Gasteiger partial charge in [-0.3, -0.25) is 0 Å². The summed E-state index contributed by atoms with van der Waals surface area (Å²) < 4.78 is 50.0. The summed E-state index contributed by atoms with van der Waals surface area (Å²) >= 11 is 0. The summed E-state index contributed by atoms with van der Waals surface area (Å²) in [6.45, 7) is 0.204. The Morgan fingerprint density at radius 2 is 0.796 bits per heavy atom. The zero-order valence-electron chi connectivity index (χ0n) is 28.9. The molecule has 0 spiro atoms. The average molecular weight is 797 g/mol. The largest absolute Gasteiger partial charge is 0.394 e. The van der Waals surface area contributed by atoms with E-state index in [0.717, 1.165) is 0 Å². The van der Waals surface area contributed by atoms with E-state index in [4.69, 9.17) is 42.6 Å². The summed E-state index contributed by atoms with van der Waals surface area (Å²) in [4.78, 5) is 0. The van der Waals surface area contributed by atoms with E-state index < -0.39 is 173 Å². The molecule has 25 atom stereocenters. The van der Waals surface area contributed by atoms with E-state index in [1.807, 2.05) is 0 Å². The molecule has 5 aliphatic rings. The fourth-order valence-electron chi connectivity index (χ4n) is 6.77. The van der Waals surface area contributed by atoms with Crippen molar-refractivity contribution < 1.29 is 119 Å². The fourth-order valence-corrected chi connectivity index (χ4v) is 6.77. The molecule has 316 valence electrons. The van der Waals surface area contributed by atoms with Gasteiger partial charge in [-0.05, 0) is 13.8 Å². The minimum atomic E-state index is -2.11. The monoisotopic (exact) mass is 796 g/mol. The summed E-state index contributed by atoms with van der Waals surface area (Å²) in [6.07, 6.45) is -43.4. The van der Waals surface area contributed by atoms with Crippen LogP contribution in [-0.4, -0.2) is 250 Å². The molecule has 15 N–H and O–H groups in total. The van der Waals surface area contributed by atoms with Crippen molar-refractivity contribution in [2.45, 2.75) is 167 Å². The third kappa shape index (κ3) is 8.87. The van der Waals surface area contributed by atoms with Crippen molar-refractivity contribution in [3.05, 3.63) is 0 Å². The molecule has 0 unspecified atom stereocenters. The Labute approximate surface area is 306 Å². The van der Waals surface area contributed by atoms with Gasteiger partial charge in [0.2, 0.25) is 0 Å². The second-order valence-corrected chi connectivity index (χ2v) is 14.0. The zero-order valence-corrected chi connectivity index (χ0v) is 28.9. The quantitative estimate of drug-likeness (QED) is 0.0923. The lowest BCUT2D eigenvalue weighted by Crippen LogP contribution is -2.67. The van der Waals surface area contributed by atoms with Gasteiger partial charge in [0.15, 0.2) is 31.5 Å². The molecule has 0 aliphatic carbocycles. The molecule has 0 bridgehead atoms. The van der Waals surface area contributed by atoms with Crippen molar-refractivity contribution in [2.24, 2.45) is 0 Å². The Morgan fingerprint density at radius 3 is 1.26 bits per heavy atom. The molecule has 0 saturated carbocycles. The number of ether oxygens (including phenoxy) is 9. The van der Waals surface area contributed by atoms with E-state index in [0.29, 0.717) is 0 Å². The molecule has 0 aromatic rings. The molecule has 0 aromatic carbocycles. The van der Waals surface area contributed by atoms with Crippen LogP contribution in [0.5, 0.6) is 0 Å². The molecule has 5 aliphatic heterocycles. The van der Waals surface area contributed by atoms with Crippen LogP contribution in [0.15, 0.2) is 0 Å². The lowest BCUT2D eigenvalue weighted by atomic mass is 9.96. The van der Waals surface area contributed by atoms with E-state index in [9.17, 15) is 76.6 Å². The second kappa shape index (κ2) is 18.3. The highest BCUT2D eigenvalue weighted by atomic mass is 16.8. The summed E-state index contributed by atoms with van der Waals surface area (Å²) in [5.41, 5.74) is 0. The van der Waals surface area contributed by atoms with Gasteiger partial charge in [0.05, 0.1) is 32.0 Å². The molecule has 24 nitrogen and oxygen atoms in total. The number of hydrogen-bond acceptors (Lipinski definition) is 24. The van der Waals surface area contributed by atoms with Gasteiger partial charge >= 0.3 is 0 Å². The van der Waals surface area contributed by atoms with Crippen LogP contribution in [0.4, 0.5) is 0 Å². The van der Waals surface area contributed by atoms with Gasteiger partial charge in [-0.15, -0.1) is 0 Å². The van der Waals surface area contributed by atoms with Gasteiger partial charge in [-0.25, -0.2) is 0 Å². The second-order valence-electron chi connectivity index (χ2n) is 14.0. The highest BCUT2D eigenvalue weighted by molar-refractivity contribution is 4.97. The van der Waals surface area contributed by atoms with Crippen molar-refractivity contribution in [1.29, 1.82) is 0 Å². The number of aliphatic hydroxyl groups is 15. The van der Waals surface area contributed by atoms with Crippen molar-refractivity contribution >= 4 is 0 Å². The minimum Gasteiger partial charge on any atom is -0.394 e. The molecule has 0 aromatic heterocycles. The number of hydrogen-bond donors (Lipinski definition) is 15. The molecular formula is C30H52O24. The van der Waals surface area contributed by atoms with Crippen molar-refractivity contribution in [3.63, 3.8) is 0 Å². The average Bonchev–Trinajstić information content (AvgIpc) is 3.15. The summed E-state index contributed by atoms with van der Waals surface area (Å²) in [6, 6.07) is 0. The van der Waals surface area contributed by atoms with Gasteiger partial charge in [0.1, 0.15) is 110 Å². The smallest absolute Gasteiger partial charge is 0.187 e. The van der Waals surface area contributed by atoms with Crippen LogP contribution in [-0.2, 0) is 42.6 Å². The molecule has 5 saturated heterocycles. The Bertz CT molecular complexity index is 1170. The first kappa shape index (κ1) is 44.1. The molecule has 54 heavy (non-hydrogen) atoms. The zero-order chi connectivity index (χ0) is 39.9. The van der Waals surface area contributed by atoms with E-state index in [1.54, 1.807) is 0 Å². The topological polar surface area (TPSA) is 387 Å². The third-order valence-corrected chi connectivity index (χ3v) is 10.2. The van der Waals surface area contributed by atoms with E-state index in [1.165, 1.54) is 13.8 Å². The number of aliphatic hydroxyl groups excluding tert-OH is 15. The fraction of sp³-hybridized carbons (Fsp3) is 1.00. The Balaban J connectivity index is 1.32. The van der Waals surface area contributed by atoms with E-state index >= 15 is 0 Å². The molecule has 0 amide bonds. The molecular weight excluding hydrogens is 744 g/mol. The van der Waals surface area contributed by atoms with Gasteiger partial charge in [-0.1, -0.05) is 0 Å². The first-order valence-corrected chi connectivity index (χ1v) is 17.3. The summed E-state index contributed by atoms with van der Waals surface area (Å²) in [7, 11) is 0. The Hall–Kier alpha value is -0.960. The molecule has 5 heterocycles. The maximum atomic E-state index is 11.3. The van der Waals surface area contributed by atoms with Gasteiger partial charge in [-0.2, -0.15) is 0 Å². The third-order valence-electron chi connectivity index (χ3n) is 10.2. The van der Waals surface area contributed by atoms with E-state index in [-0.39, 0.29) is 0 Å². The van der Waals surface area contributed by atoms with Crippen molar-refractivity contribution in [3.8, 4) is 0 Å². The molecule has 0 radical (unpaired) electrons. The highest BCUT2D eigenvalue weighted by Gasteiger charge is 2.55. The molecule has 24 heteroatoms. The Morgan fingerprint density at radius 1 is 0.370 bits per heavy atom. The minimum absolute atomic E-state index is 0.783. The van der Waals surface area contributed by atoms with Gasteiger partial charge in [0.25, 0.3) is 0 Å². The standard InChI is InChI=1S/C30H52O24/c1-6-11(33)16(38)20(42)27(47-6)53-24-18(40)13(35)8(3-31)50-29(24)46-5-10-15(37)23(22(44)26(45)49-10)52-30-25(19(41)14(36)9(4-32)51-30)54-28-21(43)17(39)12(34)7(2)48-28/h6-45H,3-5H2,1-2H3/t6-,7-,8+,9+,10+,11+,12+,13-,14-,15-,16+,17+,18-,19-,20-,21-,22+,23-,24+,25+,26+,27-,28-,29+,30-/m0/s1. The van der Waals surface area contributed by atoms with Crippen LogP contribution in [0.1, 0.15) is 13.8 Å².